The van der Waals surface area contributed by atoms with Crippen LogP contribution in [0.3, 0.4) is 0 Å². The Morgan fingerprint density at radius 3 is 2.68 bits per heavy atom. The van der Waals surface area contributed by atoms with Crippen molar-refractivity contribution in [2.45, 2.75) is 38.1 Å². The van der Waals surface area contributed by atoms with Gasteiger partial charge in [0.25, 0.3) is 5.91 Å². The van der Waals surface area contributed by atoms with E-state index in [2.05, 4.69) is 15.6 Å². The van der Waals surface area contributed by atoms with Crippen LogP contribution in [0.25, 0.3) is 0 Å². The summed E-state index contributed by atoms with van der Waals surface area (Å²) in [5.74, 6) is -0.469. The third-order valence-corrected chi connectivity index (χ3v) is 3.49. The van der Waals surface area contributed by atoms with Crippen molar-refractivity contribution in [2.75, 3.05) is 6.54 Å². The van der Waals surface area contributed by atoms with Crippen LogP contribution in [0, 0.1) is 0 Å². The van der Waals surface area contributed by atoms with E-state index in [-0.39, 0.29) is 24.4 Å². The van der Waals surface area contributed by atoms with Crippen LogP contribution in [0.2, 0.25) is 5.02 Å². The normalized spacial score (nSPS) is 16.1. The summed E-state index contributed by atoms with van der Waals surface area (Å²) in [6, 6.07) is 1.79. The molecule has 2 amide bonds. The van der Waals surface area contributed by atoms with Crippen molar-refractivity contribution in [1.29, 1.82) is 0 Å². The highest BCUT2D eigenvalue weighted by molar-refractivity contribution is 6.30. The van der Waals surface area contributed by atoms with Crippen LogP contribution >= 0.6 is 11.6 Å². The van der Waals surface area contributed by atoms with E-state index in [1.807, 2.05) is 0 Å². The Morgan fingerprint density at radius 1 is 1.32 bits per heavy atom. The maximum absolute atomic E-state index is 11.7. The van der Waals surface area contributed by atoms with E-state index >= 15 is 0 Å². The molecule has 0 radical (unpaired) electrons. The van der Waals surface area contributed by atoms with E-state index in [9.17, 15) is 9.59 Å². The van der Waals surface area contributed by atoms with Gasteiger partial charge in [0.15, 0.2) is 0 Å². The first-order chi connectivity index (χ1) is 9.15. The Balaban J connectivity index is 1.72. The summed E-state index contributed by atoms with van der Waals surface area (Å²) in [4.78, 5) is 26.1. The Bertz CT molecular complexity index is 452. The molecule has 0 aliphatic heterocycles. The lowest BCUT2D eigenvalue weighted by molar-refractivity contribution is -0.121. The lowest BCUT2D eigenvalue weighted by Gasteiger charge is -2.22. The smallest absolute Gasteiger partial charge is 0.268 e. The zero-order valence-electron chi connectivity index (χ0n) is 10.7. The van der Waals surface area contributed by atoms with Gasteiger partial charge in [0.05, 0.1) is 11.6 Å². The molecule has 104 valence electrons. The Hall–Kier alpha value is -1.49. The topological polar surface area (TPSA) is 74.0 Å². The predicted molar refractivity (Wildman–Crippen MR) is 73.2 cm³/mol. The summed E-state index contributed by atoms with van der Waals surface area (Å²) in [6.07, 6.45) is 7.17. The summed E-state index contributed by atoms with van der Waals surface area (Å²) in [7, 11) is 0. The van der Waals surface area contributed by atoms with E-state index in [0.29, 0.717) is 10.7 Å². The first-order valence-electron chi connectivity index (χ1n) is 6.56. The number of nitrogens with one attached hydrogen (secondary N) is 3. The second kappa shape index (κ2) is 6.61. The number of carbonyl (C=O) groups is 2. The van der Waals surface area contributed by atoms with Crippen molar-refractivity contribution < 1.29 is 9.59 Å². The molecule has 1 heterocycles. The molecule has 0 bridgehead atoms. The standard InChI is InChI=1S/C13H18ClN3O2/c14-9-6-11(15-7-9)13(19)16-8-12(18)17-10-4-2-1-3-5-10/h6-7,10,15H,1-5,8H2,(H,16,19)(H,17,18). The lowest BCUT2D eigenvalue weighted by Crippen LogP contribution is -2.42. The maximum Gasteiger partial charge on any atom is 0.268 e. The fraction of sp³-hybridized carbons (Fsp3) is 0.538. The van der Waals surface area contributed by atoms with Gasteiger partial charge in [0.1, 0.15) is 5.69 Å². The Morgan fingerprint density at radius 2 is 2.05 bits per heavy atom. The van der Waals surface area contributed by atoms with E-state index in [0.717, 1.165) is 25.7 Å². The molecule has 0 unspecified atom stereocenters. The average molecular weight is 284 g/mol. The molecule has 0 aromatic carbocycles. The lowest BCUT2D eigenvalue weighted by atomic mass is 9.95. The van der Waals surface area contributed by atoms with E-state index in [4.69, 9.17) is 11.6 Å². The Kier molecular flexibility index (Phi) is 4.85. The summed E-state index contributed by atoms with van der Waals surface area (Å²) < 4.78 is 0. The molecule has 2 rings (SSSR count). The number of amides is 2. The summed E-state index contributed by atoms with van der Waals surface area (Å²) in [5.41, 5.74) is 0.357. The van der Waals surface area contributed by atoms with Crippen LogP contribution in [-0.2, 0) is 4.79 Å². The van der Waals surface area contributed by atoms with Crippen LogP contribution < -0.4 is 10.6 Å². The molecule has 5 nitrogen and oxygen atoms in total. The third kappa shape index (κ3) is 4.28. The zero-order chi connectivity index (χ0) is 13.7. The zero-order valence-corrected chi connectivity index (χ0v) is 11.4. The van der Waals surface area contributed by atoms with Gasteiger partial charge in [-0.2, -0.15) is 0 Å². The fourth-order valence-corrected chi connectivity index (χ4v) is 2.44. The number of hydrogen-bond acceptors (Lipinski definition) is 2. The number of aromatic nitrogens is 1. The molecule has 6 heteroatoms. The minimum absolute atomic E-state index is 0.00796. The number of rotatable bonds is 4. The molecule has 1 aromatic heterocycles. The molecular formula is C13H18ClN3O2. The Labute approximate surface area is 117 Å². The molecule has 1 fully saturated rings. The van der Waals surface area contributed by atoms with Gasteiger partial charge in [-0.3, -0.25) is 9.59 Å². The van der Waals surface area contributed by atoms with Crippen molar-refractivity contribution in [2.24, 2.45) is 0 Å². The van der Waals surface area contributed by atoms with Gasteiger partial charge in [-0.25, -0.2) is 0 Å². The van der Waals surface area contributed by atoms with Gasteiger partial charge in [-0.1, -0.05) is 30.9 Å². The quantitative estimate of drug-likeness (QED) is 0.789. The second-order valence-electron chi connectivity index (χ2n) is 4.82. The number of hydrogen-bond donors (Lipinski definition) is 3. The number of aromatic amines is 1. The highest BCUT2D eigenvalue weighted by Gasteiger charge is 2.16. The van der Waals surface area contributed by atoms with Crippen molar-refractivity contribution in [1.82, 2.24) is 15.6 Å². The van der Waals surface area contributed by atoms with Crippen molar-refractivity contribution in [3.05, 3.63) is 23.0 Å². The van der Waals surface area contributed by atoms with Crippen LogP contribution in [-0.4, -0.2) is 29.4 Å². The number of carbonyl (C=O) groups excluding carboxylic acids is 2. The molecule has 0 spiro atoms. The monoisotopic (exact) mass is 283 g/mol. The fourth-order valence-electron chi connectivity index (χ4n) is 2.28. The molecular weight excluding hydrogens is 266 g/mol. The van der Waals surface area contributed by atoms with Gasteiger partial charge >= 0.3 is 0 Å². The number of H-pyrrole nitrogens is 1. The van der Waals surface area contributed by atoms with Gasteiger partial charge < -0.3 is 15.6 Å². The maximum atomic E-state index is 11.7. The van der Waals surface area contributed by atoms with Gasteiger partial charge in [-0.15, -0.1) is 0 Å². The minimum Gasteiger partial charge on any atom is -0.356 e. The van der Waals surface area contributed by atoms with Crippen molar-refractivity contribution in [3.8, 4) is 0 Å². The molecule has 0 saturated heterocycles. The molecule has 1 aromatic rings. The molecule has 1 saturated carbocycles. The first kappa shape index (κ1) is 13.9. The SMILES string of the molecule is O=C(CNC(=O)c1cc(Cl)c[nH]1)NC1CCCCC1. The molecule has 1 aliphatic rings. The first-order valence-corrected chi connectivity index (χ1v) is 6.94. The van der Waals surface area contributed by atoms with Crippen LogP contribution in [0.15, 0.2) is 12.3 Å². The minimum atomic E-state index is -0.328. The molecule has 19 heavy (non-hydrogen) atoms. The van der Waals surface area contributed by atoms with Crippen molar-refractivity contribution >= 4 is 23.4 Å². The highest BCUT2D eigenvalue weighted by Crippen LogP contribution is 2.17. The van der Waals surface area contributed by atoms with E-state index in [1.165, 1.54) is 18.7 Å². The van der Waals surface area contributed by atoms with Gasteiger partial charge in [0.2, 0.25) is 5.91 Å². The highest BCUT2D eigenvalue weighted by atomic mass is 35.5. The largest absolute Gasteiger partial charge is 0.356 e. The van der Waals surface area contributed by atoms with E-state index < -0.39 is 0 Å². The summed E-state index contributed by atoms with van der Waals surface area (Å²) >= 11 is 5.71. The third-order valence-electron chi connectivity index (χ3n) is 3.27. The molecule has 1 aliphatic carbocycles. The van der Waals surface area contributed by atoms with Crippen LogP contribution in [0.4, 0.5) is 0 Å². The summed E-state index contributed by atoms with van der Waals surface area (Å²) in [6.45, 7) is -0.00796. The van der Waals surface area contributed by atoms with Crippen molar-refractivity contribution in [3.63, 3.8) is 0 Å². The predicted octanol–water partition coefficient (Wildman–Crippen LogP) is 1.85. The number of halogens is 1. The summed E-state index contributed by atoms with van der Waals surface area (Å²) in [5, 5.41) is 5.97. The van der Waals surface area contributed by atoms with Gasteiger partial charge in [0, 0.05) is 12.2 Å². The van der Waals surface area contributed by atoms with Crippen LogP contribution in [0.5, 0.6) is 0 Å². The second-order valence-corrected chi connectivity index (χ2v) is 5.25. The molecule has 0 atom stereocenters. The average Bonchev–Trinajstić information content (AvgIpc) is 2.84. The van der Waals surface area contributed by atoms with Crippen LogP contribution in [0.1, 0.15) is 42.6 Å². The van der Waals surface area contributed by atoms with E-state index in [1.54, 1.807) is 0 Å². The van der Waals surface area contributed by atoms with Gasteiger partial charge in [-0.05, 0) is 18.9 Å². The molecule has 3 N–H and O–H groups in total.